The zero-order chi connectivity index (χ0) is 22.2. The van der Waals surface area contributed by atoms with Crippen molar-refractivity contribution >= 4 is 45.0 Å². The van der Waals surface area contributed by atoms with Crippen molar-refractivity contribution in [2.45, 2.75) is 18.7 Å². The first-order valence-corrected chi connectivity index (χ1v) is 12.3. The molecule has 0 amide bonds. The Kier molecular flexibility index (Phi) is 6.60. The number of aromatic nitrogens is 2. The third kappa shape index (κ3) is 4.75. The van der Waals surface area contributed by atoms with Crippen LogP contribution in [0.2, 0.25) is 10.0 Å². The maximum atomic E-state index is 13.2. The number of sulfonamides is 1. The number of hydrogen-bond acceptors (Lipinski definition) is 7. The molecule has 0 atom stereocenters. The average Bonchev–Trinajstić information content (AvgIpc) is 2.76. The van der Waals surface area contributed by atoms with Gasteiger partial charge in [0.25, 0.3) is 0 Å². The Morgan fingerprint density at radius 1 is 0.871 bits per heavy atom. The fourth-order valence-corrected chi connectivity index (χ4v) is 5.96. The average molecular weight is 486 g/mol. The number of morpholine rings is 1. The predicted octanol–water partition coefficient (Wildman–Crippen LogP) is 2.75. The monoisotopic (exact) mass is 485 g/mol. The van der Waals surface area contributed by atoms with Crippen molar-refractivity contribution in [3.63, 3.8) is 0 Å². The fraction of sp³-hybridized carbons (Fsp3) is 0.500. The van der Waals surface area contributed by atoms with Gasteiger partial charge in [-0.1, -0.05) is 23.2 Å². The van der Waals surface area contributed by atoms with Crippen LogP contribution < -0.4 is 9.80 Å². The Morgan fingerprint density at radius 3 is 2.23 bits per heavy atom. The van der Waals surface area contributed by atoms with Crippen molar-refractivity contribution in [1.29, 1.82) is 0 Å². The van der Waals surface area contributed by atoms with Gasteiger partial charge >= 0.3 is 0 Å². The van der Waals surface area contributed by atoms with Crippen molar-refractivity contribution in [2.24, 2.45) is 0 Å². The summed E-state index contributed by atoms with van der Waals surface area (Å²) in [6.07, 6.45) is 0. The van der Waals surface area contributed by atoms with Gasteiger partial charge in [-0.05, 0) is 31.5 Å². The van der Waals surface area contributed by atoms with E-state index in [0.29, 0.717) is 55.9 Å². The van der Waals surface area contributed by atoms with Crippen LogP contribution >= 0.6 is 23.2 Å². The number of aryl methyl sites for hydroxylation is 2. The lowest BCUT2D eigenvalue weighted by atomic mass is 10.2. The van der Waals surface area contributed by atoms with Crippen LogP contribution in [-0.2, 0) is 14.8 Å². The molecule has 2 saturated heterocycles. The summed E-state index contributed by atoms with van der Waals surface area (Å²) < 4.78 is 33.2. The van der Waals surface area contributed by atoms with Gasteiger partial charge in [-0.3, -0.25) is 0 Å². The molecule has 8 nitrogen and oxygen atoms in total. The van der Waals surface area contributed by atoms with E-state index in [1.165, 1.54) is 16.4 Å². The number of benzene rings is 1. The summed E-state index contributed by atoms with van der Waals surface area (Å²) in [4.78, 5) is 13.6. The molecule has 3 heterocycles. The second-order valence-corrected chi connectivity index (χ2v) is 10.4. The molecule has 0 unspecified atom stereocenters. The summed E-state index contributed by atoms with van der Waals surface area (Å²) in [5, 5.41) is 0.587. The summed E-state index contributed by atoms with van der Waals surface area (Å²) in [5.41, 5.74) is 1.56. The van der Waals surface area contributed by atoms with Gasteiger partial charge in [-0.2, -0.15) is 9.29 Å². The highest BCUT2D eigenvalue weighted by atomic mass is 35.5. The van der Waals surface area contributed by atoms with E-state index in [-0.39, 0.29) is 9.92 Å². The second-order valence-electron chi connectivity index (χ2n) is 7.69. The van der Waals surface area contributed by atoms with E-state index in [1.807, 2.05) is 13.0 Å². The van der Waals surface area contributed by atoms with Crippen LogP contribution in [0.4, 0.5) is 11.8 Å². The number of nitrogens with zero attached hydrogens (tertiary/aromatic N) is 5. The van der Waals surface area contributed by atoms with Crippen LogP contribution in [0.15, 0.2) is 23.1 Å². The molecule has 11 heteroatoms. The minimum atomic E-state index is -3.71. The molecule has 2 aliphatic rings. The van der Waals surface area contributed by atoms with Gasteiger partial charge in [0, 0.05) is 56.1 Å². The highest BCUT2D eigenvalue weighted by Gasteiger charge is 2.31. The lowest BCUT2D eigenvalue weighted by Gasteiger charge is -2.35. The molecular formula is C20H25Cl2N5O3S. The van der Waals surface area contributed by atoms with Gasteiger partial charge in [0.15, 0.2) is 0 Å². The van der Waals surface area contributed by atoms with E-state index in [9.17, 15) is 8.42 Å². The largest absolute Gasteiger partial charge is 0.378 e. The van der Waals surface area contributed by atoms with Gasteiger partial charge in [0.05, 0.1) is 18.2 Å². The van der Waals surface area contributed by atoms with Crippen LogP contribution in [0, 0.1) is 13.8 Å². The Morgan fingerprint density at radius 2 is 1.55 bits per heavy atom. The fourth-order valence-electron chi connectivity index (χ4n) is 3.73. The second kappa shape index (κ2) is 9.07. The number of hydrogen-bond donors (Lipinski definition) is 0. The Balaban J connectivity index is 1.50. The van der Waals surface area contributed by atoms with Crippen LogP contribution in [0.5, 0.6) is 0 Å². The summed E-state index contributed by atoms with van der Waals surface area (Å²) in [5.74, 6) is 1.50. The van der Waals surface area contributed by atoms with Crippen LogP contribution in [0.25, 0.3) is 0 Å². The summed E-state index contributed by atoms with van der Waals surface area (Å²) in [7, 11) is -3.71. The van der Waals surface area contributed by atoms with Crippen molar-refractivity contribution in [1.82, 2.24) is 14.3 Å². The first-order chi connectivity index (χ1) is 14.8. The Labute approximate surface area is 192 Å². The molecule has 0 spiro atoms. The van der Waals surface area contributed by atoms with Gasteiger partial charge in [-0.15, -0.1) is 0 Å². The smallest absolute Gasteiger partial charge is 0.244 e. The number of piperazine rings is 1. The van der Waals surface area contributed by atoms with Gasteiger partial charge < -0.3 is 14.5 Å². The Hall–Kier alpha value is -1.65. The molecule has 2 aromatic rings. The first kappa shape index (κ1) is 22.5. The maximum absolute atomic E-state index is 13.2. The van der Waals surface area contributed by atoms with E-state index in [2.05, 4.69) is 14.8 Å². The molecule has 4 rings (SSSR count). The molecule has 168 valence electrons. The Bertz CT molecular complexity index is 1070. The number of rotatable bonds is 4. The lowest BCUT2D eigenvalue weighted by molar-refractivity contribution is 0.122. The maximum Gasteiger partial charge on any atom is 0.244 e. The quantitative estimate of drug-likeness (QED) is 0.658. The van der Waals surface area contributed by atoms with E-state index in [4.69, 9.17) is 32.9 Å². The van der Waals surface area contributed by atoms with Crippen molar-refractivity contribution < 1.29 is 13.2 Å². The molecule has 0 saturated carbocycles. The topological polar surface area (TPSA) is 78.9 Å². The zero-order valence-electron chi connectivity index (χ0n) is 17.5. The molecule has 0 aliphatic carbocycles. The number of ether oxygens (including phenoxy) is 1. The summed E-state index contributed by atoms with van der Waals surface area (Å²) in [6, 6.07) is 4.96. The van der Waals surface area contributed by atoms with Crippen molar-refractivity contribution in [3.8, 4) is 0 Å². The molecule has 0 bridgehead atoms. The minimum absolute atomic E-state index is 0.0944. The van der Waals surface area contributed by atoms with E-state index in [1.54, 1.807) is 6.92 Å². The van der Waals surface area contributed by atoms with Crippen LogP contribution in [-0.4, -0.2) is 75.2 Å². The lowest BCUT2D eigenvalue weighted by Crippen LogP contribution is -2.49. The molecule has 1 aromatic carbocycles. The molecule has 2 fully saturated rings. The SMILES string of the molecule is Cc1cc(N2CCN(S(=O)(=O)c3cc(C)c(Cl)cc3Cl)CC2)nc(N2CCOCC2)n1. The first-order valence-electron chi connectivity index (χ1n) is 10.1. The molecule has 2 aliphatic heterocycles. The van der Waals surface area contributed by atoms with Gasteiger partial charge in [0.1, 0.15) is 10.7 Å². The van der Waals surface area contributed by atoms with Gasteiger partial charge in [0.2, 0.25) is 16.0 Å². The molecule has 0 N–H and O–H groups in total. The highest BCUT2D eigenvalue weighted by molar-refractivity contribution is 7.89. The standard InChI is InChI=1S/C20H25Cl2N5O3S/c1-14-11-18(17(22)13-16(14)21)31(28,29)27-5-3-25(4-6-27)19-12-15(2)23-20(24-19)26-7-9-30-10-8-26/h11-13H,3-10H2,1-2H3. The van der Waals surface area contributed by atoms with E-state index in [0.717, 1.165) is 24.6 Å². The molecular weight excluding hydrogens is 461 g/mol. The zero-order valence-corrected chi connectivity index (χ0v) is 19.8. The van der Waals surface area contributed by atoms with Crippen LogP contribution in [0.1, 0.15) is 11.3 Å². The molecule has 0 radical (unpaired) electrons. The molecule has 31 heavy (non-hydrogen) atoms. The van der Waals surface area contributed by atoms with Crippen molar-refractivity contribution in [3.05, 3.63) is 39.5 Å². The number of anilines is 2. The van der Waals surface area contributed by atoms with Crippen molar-refractivity contribution in [2.75, 3.05) is 62.3 Å². The number of halogens is 2. The predicted molar refractivity (Wildman–Crippen MR) is 122 cm³/mol. The third-order valence-electron chi connectivity index (χ3n) is 5.52. The van der Waals surface area contributed by atoms with E-state index < -0.39 is 10.0 Å². The summed E-state index contributed by atoms with van der Waals surface area (Å²) in [6.45, 7) is 8.30. The third-order valence-corrected chi connectivity index (χ3v) is 8.29. The van der Waals surface area contributed by atoms with E-state index >= 15 is 0 Å². The highest BCUT2D eigenvalue weighted by Crippen LogP contribution is 2.31. The van der Waals surface area contributed by atoms with Crippen LogP contribution in [0.3, 0.4) is 0 Å². The molecule has 1 aromatic heterocycles. The normalized spacial score (nSPS) is 18.5. The summed E-state index contributed by atoms with van der Waals surface area (Å²) >= 11 is 12.3. The minimum Gasteiger partial charge on any atom is -0.378 e. The van der Waals surface area contributed by atoms with Gasteiger partial charge in [-0.25, -0.2) is 13.4 Å².